The topological polar surface area (TPSA) is 56.7 Å². The fourth-order valence-electron chi connectivity index (χ4n) is 2.63. The molecule has 0 radical (unpaired) electrons. The SMILES string of the molecule is CCN1CCN(c2cc(C)nc(C)c2C(=O)O)CC1. The van der Waals surface area contributed by atoms with Crippen LogP contribution in [0.1, 0.15) is 28.7 Å². The second-order valence-corrected chi connectivity index (χ2v) is 4.97. The molecule has 1 aromatic heterocycles. The quantitative estimate of drug-likeness (QED) is 0.896. The number of carboxylic acid groups (broad SMARTS) is 1. The molecular weight excluding hydrogens is 242 g/mol. The van der Waals surface area contributed by atoms with Crippen LogP contribution in [-0.2, 0) is 0 Å². The molecule has 2 rings (SSSR count). The summed E-state index contributed by atoms with van der Waals surface area (Å²) < 4.78 is 0. The fourth-order valence-corrected chi connectivity index (χ4v) is 2.63. The predicted octanol–water partition coefficient (Wildman–Crippen LogP) is 1.54. The highest BCUT2D eigenvalue weighted by Gasteiger charge is 2.23. The van der Waals surface area contributed by atoms with Gasteiger partial charge in [-0.1, -0.05) is 6.92 Å². The normalized spacial score (nSPS) is 16.7. The number of carboxylic acids is 1. The molecule has 19 heavy (non-hydrogen) atoms. The zero-order valence-corrected chi connectivity index (χ0v) is 11.8. The third-order valence-corrected chi connectivity index (χ3v) is 3.68. The molecule has 2 heterocycles. The van der Waals surface area contributed by atoms with E-state index in [1.807, 2.05) is 13.0 Å². The lowest BCUT2D eigenvalue weighted by molar-refractivity contribution is 0.0696. The molecule has 0 atom stereocenters. The molecular formula is C14H21N3O2. The van der Waals surface area contributed by atoms with Gasteiger partial charge in [0.05, 0.1) is 11.4 Å². The fraction of sp³-hybridized carbons (Fsp3) is 0.571. The van der Waals surface area contributed by atoms with Crippen LogP contribution in [0, 0.1) is 13.8 Å². The Bertz CT molecular complexity index is 480. The highest BCUT2D eigenvalue weighted by Crippen LogP contribution is 2.25. The van der Waals surface area contributed by atoms with Crippen molar-refractivity contribution in [1.82, 2.24) is 9.88 Å². The Kier molecular flexibility index (Phi) is 4.04. The van der Waals surface area contributed by atoms with Crippen molar-refractivity contribution in [1.29, 1.82) is 0 Å². The molecule has 1 aromatic rings. The van der Waals surface area contributed by atoms with Crippen molar-refractivity contribution in [2.75, 3.05) is 37.6 Å². The maximum absolute atomic E-state index is 11.4. The van der Waals surface area contributed by atoms with Crippen LogP contribution >= 0.6 is 0 Å². The van der Waals surface area contributed by atoms with E-state index in [1.54, 1.807) is 6.92 Å². The summed E-state index contributed by atoms with van der Waals surface area (Å²) >= 11 is 0. The van der Waals surface area contributed by atoms with E-state index in [0.717, 1.165) is 44.1 Å². The van der Waals surface area contributed by atoms with Gasteiger partial charge in [0.2, 0.25) is 0 Å². The molecule has 104 valence electrons. The number of rotatable bonds is 3. The van der Waals surface area contributed by atoms with Crippen LogP contribution in [0.25, 0.3) is 0 Å². The Balaban J connectivity index is 2.31. The van der Waals surface area contributed by atoms with Crippen molar-refractivity contribution in [2.24, 2.45) is 0 Å². The third-order valence-electron chi connectivity index (χ3n) is 3.68. The molecule has 0 bridgehead atoms. The van der Waals surface area contributed by atoms with Gasteiger partial charge in [-0.3, -0.25) is 4.98 Å². The molecule has 0 spiro atoms. The number of hydrogen-bond acceptors (Lipinski definition) is 4. The Hall–Kier alpha value is -1.62. The first-order valence-corrected chi connectivity index (χ1v) is 6.71. The lowest BCUT2D eigenvalue weighted by Gasteiger charge is -2.36. The number of nitrogens with zero attached hydrogens (tertiary/aromatic N) is 3. The van der Waals surface area contributed by atoms with Gasteiger partial charge in [0.15, 0.2) is 0 Å². The summed E-state index contributed by atoms with van der Waals surface area (Å²) in [5.41, 5.74) is 2.62. The smallest absolute Gasteiger partial charge is 0.339 e. The molecule has 0 unspecified atom stereocenters. The van der Waals surface area contributed by atoms with Gasteiger partial charge in [-0.2, -0.15) is 0 Å². The molecule has 1 saturated heterocycles. The van der Waals surface area contributed by atoms with E-state index in [-0.39, 0.29) is 0 Å². The largest absolute Gasteiger partial charge is 0.478 e. The predicted molar refractivity (Wildman–Crippen MR) is 75.0 cm³/mol. The van der Waals surface area contributed by atoms with Crippen molar-refractivity contribution in [2.45, 2.75) is 20.8 Å². The number of pyridine rings is 1. The maximum Gasteiger partial charge on any atom is 0.339 e. The van der Waals surface area contributed by atoms with Gasteiger partial charge >= 0.3 is 5.97 Å². The molecule has 0 saturated carbocycles. The van der Waals surface area contributed by atoms with E-state index in [9.17, 15) is 9.90 Å². The molecule has 0 aliphatic carbocycles. The summed E-state index contributed by atoms with van der Waals surface area (Å²) in [6.07, 6.45) is 0. The highest BCUT2D eigenvalue weighted by atomic mass is 16.4. The molecule has 5 nitrogen and oxygen atoms in total. The first-order chi connectivity index (χ1) is 9.02. The summed E-state index contributed by atoms with van der Waals surface area (Å²) in [5, 5.41) is 9.39. The van der Waals surface area contributed by atoms with Crippen LogP contribution < -0.4 is 4.90 Å². The zero-order valence-electron chi connectivity index (χ0n) is 11.8. The summed E-state index contributed by atoms with van der Waals surface area (Å²) in [5.74, 6) is -0.891. The molecule has 5 heteroatoms. The van der Waals surface area contributed by atoms with Gasteiger partial charge in [-0.25, -0.2) is 4.79 Å². The molecule has 1 N–H and O–H groups in total. The van der Waals surface area contributed by atoms with Gasteiger partial charge in [-0.05, 0) is 26.5 Å². The molecule has 1 aliphatic heterocycles. The Morgan fingerprint density at radius 1 is 1.32 bits per heavy atom. The first-order valence-electron chi connectivity index (χ1n) is 6.71. The third kappa shape index (κ3) is 2.87. The standard InChI is InChI=1S/C14H21N3O2/c1-4-16-5-7-17(8-6-16)12-9-10(2)15-11(3)13(12)14(18)19/h9H,4-8H2,1-3H3,(H,18,19). The van der Waals surface area contributed by atoms with Gasteiger partial charge in [0.25, 0.3) is 0 Å². The van der Waals surface area contributed by atoms with Crippen LogP contribution in [0.5, 0.6) is 0 Å². The number of hydrogen-bond donors (Lipinski definition) is 1. The zero-order chi connectivity index (χ0) is 14.0. The minimum Gasteiger partial charge on any atom is -0.478 e. The van der Waals surface area contributed by atoms with E-state index < -0.39 is 5.97 Å². The van der Waals surface area contributed by atoms with Crippen molar-refractivity contribution in [3.63, 3.8) is 0 Å². The van der Waals surface area contributed by atoms with E-state index in [1.165, 1.54) is 0 Å². The highest BCUT2D eigenvalue weighted by molar-refractivity contribution is 5.95. The van der Waals surface area contributed by atoms with Crippen LogP contribution in [-0.4, -0.2) is 53.7 Å². The number of likely N-dealkylation sites (N-methyl/N-ethyl adjacent to an activating group) is 1. The van der Waals surface area contributed by atoms with Crippen LogP contribution in [0.4, 0.5) is 5.69 Å². The second-order valence-electron chi connectivity index (χ2n) is 4.97. The van der Waals surface area contributed by atoms with E-state index >= 15 is 0 Å². The number of aromatic carboxylic acids is 1. The lowest BCUT2D eigenvalue weighted by Crippen LogP contribution is -2.46. The summed E-state index contributed by atoms with van der Waals surface area (Å²) in [4.78, 5) is 20.2. The lowest BCUT2D eigenvalue weighted by atomic mass is 10.1. The Labute approximate surface area is 113 Å². The minimum atomic E-state index is -0.891. The monoisotopic (exact) mass is 263 g/mol. The van der Waals surface area contributed by atoms with Gasteiger partial charge < -0.3 is 14.9 Å². The molecule has 1 aliphatic rings. The van der Waals surface area contributed by atoms with E-state index in [2.05, 4.69) is 21.7 Å². The average Bonchev–Trinajstić information content (AvgIpc) is 2.37. The summed E-state index contributed by atoms with van der Waals surface area (Å²) in [6, 6.07) is 1.89. The van der Waals surface area contributed by atoms with Crippen molar-refractivity contribution >= 4 is 11.7 Å². The average molecular weight is 263 g/mol. The molecule has 0 aromatic carbocycles. The number of carbonyl (C=O) groups is 1. The van der Waals surface area contributed by atoms with E-state index in [0.29, 0.717) is 11.3 Å². The molecule has 0 amide bonds. The van der Waals surface area contributed by atoms with Crippen molar-refractivity contribution in [3.8, 4) is 0 Å². The van der Waals surface area contributed by atoms with Crippen LogP contribution in [0.3, 0.4) is 0 Å². The Morgan fingerprint density at radius 2 is 1.95 bits per heavy atom. The van der Waals surface area contributed by atoms with Gasteiger partial charge in [0.1, 0.15) is 5.56 Å². The van der Waals surface area contributed by atoms with Crippen LogP contribution in [0.15, 0.2) is 6.07 Å². The van der Waals surface area contributed by atoms with Crippen molar-refractivity contribution < 1.29 is 9.90 Å². The number of aryl methyl sites for hydroxylation is 2. The number of aromatic nitrogens is 1. The van der Waals surface area contributed by atoms with Gasteiger partial charge in [-0.15, -0.1) is 0 Å². The van der Waals surface area contributed by atoms with Crippen molar-refractivity contribution in [3.05, 3.63) is 23.0 Å². The Morgan fingerprint density at radius 3 is 2.47 bits per heavy atom. The second kappa shape index (κ2) is 5.57. The number of piperazine rings is 1. The molecule has 1 fully saturated rings. The summed E-state index contributed by atoms with van der Waals surface area (Å²) in [6.45, 7) is 10.6. The summed E-state index contributed by atoms with van der Waals surface area (Å²) in [7, 11) is 0. The number of anilines is 1. The minimum absolute atomic E-state index is 0.343. The van der Waals surface area contributed by atoms with Gasteiger partial charge in [0, 0.05) is 31.9 Å². The first kappa shape index (κ1) is 13.8. The van der Waals surface area contributed by atoms with Crippen LogP contribution in [0.2, 0.25) is 0 Å². The maximum atomic E-state index is 11.4. The van der Waals surface area contributed by atoms with E-state index in [4.69, 9.17) is 0 Å².